The predicted molar refractivity (Wildman–Crippen MR) is 118 cm³/mol. The maximum Gasteiger partial charge on any atom is 0.254 e. The van der Waals surface area contributed by atoms with Crippen LogP contribution in [-0.4, -0.2) is 59.6 Å². The Hall–Kier alpha value is -3.00. The fourth-order valence-corrected chi connectivity index (χ4v) is 4.43. The number of nitrogens with zero attached hydrogens (tertiary/aromatic N) is 3. The largest absolute Gasteiger partial charge is 0.496 e. The standard InChI is InChI=1S/C24H30N4O4/c1-31-21-6-3-2-5-18(21)14-26-23(29)19-15-25-16-27-20(19)13-17-8-10-28(11-9-17)24(30)22-7-4-12-32-22/h2-3,5-6,15-17,22H,4,7-14H2,1H3,(H,26,29)/t22-/m1/s1. The zero-order chi connectivity index (χ0) is 22.3. The van der Waals surface area contributed by atoms with E-state index in [-0.39, 0.29) is 17.9 Å². The zero-order valence-electron chi connectivity index (χ0n) is 18.5. The molecule has 0 radical (unpaired) electrons. The number of hydrogen-bond donors (Lipinski definition) is 1. The molecule has 0 bridgehead atoms. The van der Waals surface area contributed by atoms with Crippen molar-refractivity contribution >= 4 is 11.8 Å². The van der Waals surface area contributed by atoms with Gasteiger partial charge in [0.2, 0.25) is 0 Å². The Morgan fingerprint density at radius 1 is 1.22 bits per heavy atom. The molecule has 170 valence electrons. The Balaban J connectivity index is 1.33. The lowest BCUT2D eigenvalue weighted by molar-refractivity contribution is -0.142. The van der Waals surface area contributed by atoms with E-state index in [0.717, 1.165) is 55.8 Å². The fourth-order valence-electron chi connectivity index (χ4n) is 4.43. The Morgan fingerprint density at radius 2 is 2.03 bits per heavy atom. The molecule has 8 heteroatoms. The van der Waals surface area contributed by atoms with E-state index in [1.54, 1.807) is 13.3 Å². The van der Waals surface area contributed by atoms with Crippen molar-refractivity contribution in [1.29, 1.82) is 0 Å². The van der Waals surface area contributed by atoms with E-state index in [0.29, 0.717) is 31.1 Å². The molecular formula is C24H30N4O4. The first-order valence-corrected chi connectivity index (χ1v) is 11.2. The van der Waals surface area contributed by atoms with Crippen LogP contribution in [0, 0.1) is 5.92 Å². The van der Waals surface area contributed by atoms with Crippen molar-refractivity contribution in [2.75, 3.05) is 26.8 Å². The summed E-state index contributed by atoms with van der Waals surface area (Å²) in [6, 6.07) is 7.60. The van der Waals surface area contributed by atoms with E-state index in [1.165, 1.54) is 6.33 Å². The molecule has 0 saturated carbocycles. The van der Waals surface area contributed by atoms with Gasteiger partial charge in [-0.1, -0.05) is 18.2 Å². The second-order valence-corrected chi connectivity index (χ2v) is 8.35. The SMILES string of the molecule is COc1ccccc1CNC(=O)c1cncnc1CC1CCN(C(=O)[C@H]2CCCO2)CC1. The van der Waals surface area contributed by atoms with Crippen LogP contribution in [0.2, 0.25) is 0 Å². The molecule has 0 aliphatic carbocycles. The lowest BCUT2D eigenvalue weighted by Crippen LogP contribution is -2.44. The van der Waals surface area contributed by atoms with Crippen LogP contribution >= 0.6 is 0 Å². The van der Waals surface area contributed by atoms with Gasteiger partial charge in [-0.05, 0) is 44.1 Å². The summed E-state index contributed by atoms with van der Waals surface area (Å²) in [5.41, 5.74) is 2.16. The molecule has 2 aromatic rings. The third-order valence-corrected chi connectivity index (χ3v) is 6.28. The molecule has 1 atom stereocenters. The van der Waals surface area contributed by atoms with Crippen LogP contribution in [0.1, 0.15) is 47.3 Å². The summed E-state index contributed by atoms with van der Waals surface area (Å²) in [4.78, 5) is 35.8. The Morgan fingerprint density at radius 3 is 2.78 bits per heavy atom. The number of likely N-dealkylation sites (tertiary alicyclic amines) is 1. The van der Waals surface area contributed by atoms with E-state index in [1.807, 2.05) is 29.2 Å². The van der Waals surface area contributed by atoms with Gasteiger partial charge in [0.25, 0.3) is 11.8 Å². The average molecular weight is 439 g/mol. The van der Waals surface area contributed by atoms with Crippen LogP contribution in [0.3, 0.4) is 0 Å². The number of carbonyl (C=O) groups is 2. The van der Waals surface area contributed by atoms with E-state index in [2.05, 4.69) is 15.3 Å². The van der Waals surface area contributed by atoms with Crippen molar-refractivity contribution in [3.05, 3.63) is 53.6 Å². The third-order valence-electron chi connectivity index (χ3n) is 6.28. The summed E-state index contributed by atoms with van der Waals surface area (Å²) < 4.78 is 10.9. The van der Waals surface area contributed by atoms with Crippen molar-refractivity contribution in [2.45, 2.75) is 44.8 Å². The summed E-state index contributed by atoms with van der Waals surface area (Å²) >= 11 is 0. The van der Waals surface area contributed by atoms with Crippen LogP contribution in [0.5, 0.6) is 5.75 Å². The lowest BCUT2D eigenvalue weighted by Gasteiger charge is -2.33. The monoisotopic (exact) mass is 438 g/mol. The normalized spacial score (nSPS) is 19.0. The summed E-state index contributed by atoms with van der Waals surface area (Å²) in [6.45, 7) is 2.50. The van der Waals surface area contributed by atoms with E-state index >= 15 is 0 Å². The topological polar surface area (TPSA) is 93.6 Å². The maximum atomic E-state index is 12.9. The highest BCUT2D eigenvalue weighted by Crippen LogP contribution is 2.25. The molecule has 32 heavy (non-hydrogen) atoms. The molecule has 2 aliphatic heterocycles. The van der Waals surface area contributed by atoms with Crippen LogP contribution in [0.15, 0.2) is 36.8 Å². The Bertz CT molecular complexity index is 937. The van der Waals surface area contributed by atoms with Gasteiger partial charge >= 0.3 is 0 Å². The van der Waals surface area contributed by atoms with Crippen molar-refractivity contribution < 1.29 is 19.1 Å². The maximum absolute atomic E-state index is 12.9. The first-order chi connectivity index (χ1) is 15.7. The van der Waals surface area contributed by atoms with Crippen molar-refractivity contribution in [2.24, 2.45) is 5.92 Å². The van der Waals surface area contributed by atoms with Gasteiger partial charge in [-0.15, -0.1) is 0 Å². The molecular weight excluding hydrogens is 408 g/mol. The molecule has 1 aromatic heterocycles. The second-order valence-electron chi connectivity index (χ2n) is 8.35. The highest BCUT2D eigenvalue weighted by atomic mass is 16.5. The number of para-hydroxylation sites is 1. The molecule has 8 nitrogen and oxygen atoms in total. The van der Waals surface area contributed by atoms with Gasteiger partial charge in [0.15, 0.2) is 0 Å². The van der Waals surface area contributed by atoms with Gasteiger partial charge in [0, 0.05) is 38.0 Å². The number of ether oxygens (including phenoxy) is 2. The van der Waals surface area contributed by atoms with Gasteiger partial charge in [-0.3, -0.25) is 9.59 Å². The minimum Gasteiger partial charge on any atom is -0.496 e. The molecule has 1 aromatic carbocycles. The second kappa shape index (κ2) is 10.5. The average Bonchev–Trinajstić information content (AvgIpc) is 3.38. The molecule has 2 fully saturated rings. The van der Waals surface area contributed by atoms with E-state index < -0.39 is 0 Å². The number of carbonyl (C=O) groups excluding carboxylic acids is 2. The molecule has 0 unspecified atom stereocenters. The molecule has 2 amide bonds. The zero-order valence-corrected chi connectivity index (χ0v) is 18.5. The molecule has 1 N–H and O–H groups in total. The van der Waals surface area contributed by atoms with Gasteiger partial charge in [-0.2, -0.15) is 0 Å². The number of benzene rings is 1. The molecule has 4 rings (SSSR count). The molecule has 2 saturated heterocycles. The molecule has 2 aliphatic rings. The Kier molecular flexibility index (Phi) is 7.32. The first-order valence-electron chi connectivity index (χ1n) is 11.2. The van der Waals surface area contributed by atoms with Crippen molar-refractivity contribution in [3.63, 3.8) is 0 Å². The predicted octanol–water partition coefficient (Wildman–Crippen LogP) is 2.38. The number of rotatable bonds is 7. The highest BCUT2D eigenvalue weighted by Gasteiger charge is 2.31. The van der Waals surface area contributed by atoms with Crippen molar-refractivity contribution in [1.82, 2.24) is 20.2 Å². The number of nitrogens with one attached hydrogen (secondary N) is 1. The first kappa shape index (κ1) is 22.2. The van der Waals surface area contributed by atoms with Crippen molar-refractivity contribution in [3.8, 4) is 5.75 Å². The summed E-state index contributed by atoms with van der Waals surface area (Å²) in [5, 5.41) is 2.96. The van der Waals surface area contributed by atoms with Crippen LogP contribution in [-0.2, 0) is 22.5 Å². The fraction of sp³-hybridized carbons (Fsp3) is 0.500. The number of aromatic nitrogens is 2. The minimum atomic E-state index is -0.257. The Labute approximate surface area is 188 Å². The summed E-state index contributed by atoms with van der Waals surface area (Å²) in [5.74, 6) is 1.04. The quantitative estimate of drug-likeness (QED) is 0.713. The van der Waals surface area contributed by atoms with Gasteiger partial charge in [0.1, 0.15) is 18.2 Å². The third kappa shape index (κ3) is 5.24. The number of methoxy groups -OCH3 is 1. The van der Waals surface area contributed by atoms with Crippen LogP contribution < -0.4 is 10.1 Å². The van der Waals surface area contributed by atoms with Gasteiger partial charge < -0.3 is 19.7 Å². The van der Waals surface area contributed by atoms with E-state index in [4.69, 9.17) is 9.47 Å². The van der Waals surface area contributed by atoms with E-state index in [9.17, 15) is 9.59 Å². The van der Waals surface area contributed by atoms with Crippen LogP contribution in [0.4, 0.5) is 0 Å². The van der Waals surface area contributed by atoms with Crippen LogP contribution in [0.25, 0.3) is 0 Å². The van der Waals surface area contributed by atoms with Gasteiger partial charge in [0.05, 0.1) is 18.4 Å². The minimum absolute atomic E-state index is 0.124. The van der Waals surface area contributed by atoms with Gasteiger partial charge in [-0.25, -0.2) is 9.97 Å². The molecule has 0 spiro atoms. The molecule has 3 heterocycles. The number of hydrogen-bond acceptors (Lipinski definition) is 6. The summed E-state index contributed by atoms with van der Waals surface area (Å²) in [6.07, 6.45) is 7.08. The number of piperidine rings is 1. The summed E-state index contributed by atoms with van der Waals surface area (Å²) in [7, 11) is 1.61. The number of amides is 2. The smallest absolute Gasteiger partial charge is 0.254 e. The lowest BCUT2D eigenvalue weighted by atomic mass is 9.90. The highest BCUT2D eigenvalue weighted by molar-refractivity contribution is 5.94.